The zero-order chi connectivity index (χ0) is 16.2. The zero-order valence-electron chi connectivity index (χ0n) is 13.3. The van der Waals surface area contributed by atoms with Gasteiger partial charge in [0.1, 0.15) is 0 Å². The van der Waals surface area contributed by atoms with Crippen molar-refractivity contribution in [1.29, 1.82) is 0 Å². The van der Waals surface area contributed by atoms with Crippen LogP contribution in [0.4, 0.5) is 5.69 Å². The Bertz CT molecular complexity index is 560. The molecule has 6 nitrogen and oxygen atoms in total. The number of anilines is 1. The van der Waals surface area contributed by atoms with Crippen molar-refractivity contribution in [2.75, 3.05) is 38.5 Å². The lowest BCUT2D eigenvalue weighted by Gasteiger charge is -2.34. The van der Waals surface area contributed by atoms with Crippen LogP contribution in [-0.2, 0) is 16.0 Å². The van der Waals surface area contributed by atoms with Crippen molar-refractivity contribution in [1.82, 2.24) is 15.1 Å². The number of carbonyl (C=O) groups is 2. The number of nitrogen functional groups attached to an aromatic ring is 1. The molecular weight excluding hydrogens is 292 g/mol. The Balaban J connectivity index is 1.41. The van der Waals surface area contributed by atoms with E-state index in [2.05, 4.69) is 10.2 Å². The summed E-state index contributed by atoms with van der Waals surface area (Å²) in [5, 5.41) is 3.00. The predicted octanol–water partition coefficient (Wildman–Crippen LogP) is 0.234. The number of amides is 2. The first kappa shape index (κ1) is 15.8. The van der Waals surface area contributed by atoms with Gasteiger partial charge in [0.25, 0.3) is 0 Å². The maximum atomic E-state index is 12.3. The maximum absolute atomic E-state index is 12.3. The third kappa shape index (κ3) is 4.69. The third-order valence-corrected chi connectivity index (χ3v) is 4.37. The Labute approximate surface area is 136 Å². The molecule has 0 unspecified atom stereocenters. The second kappa shape index (κ2) is 7.00. The van der Waals surface area contributed by atoms with Gasteiger partial charge >= 0.3 is 0 Å². The first-order valence-electron chi connectivity index (χ1n) is 8.24. The van der Waals surface area contributed by atoms with E-state index in [1.165, 1.54) is 0 Å². The SMILES string of the molecule is Nc1ccc(CC(=O)N2CCN(CC(=O)NC3CC3)CC2)cc1. The van der Waals surface area contributed by atoms with Gasteiger partial charge in [0.15, 0.2) is 0 Å². The van der Waals surface area contributed by atoms with Crippen LogP contribution in [0.3, 0.4) is 0 Å². The summed E-state index contributed by atoms with van der Waals surface area (Å²) in [6.07, 6.45) is 2.63. The Kier molecular flexibility index (Phi) is 4.81. The average Bonchev–Trinajstić information content (AvgIpc) is 3.34. The van der Waals surface area contributed by atoms with Gasteiger partial charge in [0, 0.05) is 37.9 Å². The molecule has 3 rings (SSSR count). The van der Waals surface area contributed by atoms with Gasteiger partial charge in [-0.1, -0.05) is 12.1 Å². The normalized spacial score (nSPS) is 18.7. The van der Waals surface area contributed by atoms with Crippen LogP contribution in [0, 0.1) is 0 Å². The van der Waals surface area contributed by atoms with Crippen LogP contribution in [0.5, 0.6) is 0 Å². The van der Waals surface area contributed by atoms with Crippen LogP contribution >= 0.6 is 0 Å². The van der Waals surface area contributed by atoms with E-state index in [1.54, 1.807) is 0 Å². The molecule has 1 aliphatic carbocycles. The molecule has 1 heterocycles. The van der Waals surface area contributed by atoms with Crippen LogP contribution in [0.15, 0.2) is 24.3 Å². The molecule has 1 saturated carbocycles. The van der Waals surface area contributed by atoms with Crippen LogP contribution in [0.2, 0.25) is 0 Å². The monoisotopic (exact) mass is 316 g/mol. The molecule has 1 aromatic carbocycles. The first-order chi connectivity index (χ1) is 11.1. The molecule has 2 fully saturated rings. The summed E-state index contributed by atoms with van der Waals surface area (Å²) < 4.78 is 0. The van der Waals surface area contributed by atoms with E-state index in [-0.39, 0.29) is 11.8 Å². The average molecular weight is 316 g/mol. The number of nitrogens with one attached hydrogen (secondary N) is 1. The Morgan fingerprint density at radius 2 is 1.74 bits per heavy atom. The molecule has 0 spiro atoms. The lowest BCUT2D eigenvalue weighted by molar-refractivity contribution is -0.132. The number of piperazine rings is 1. The van der Waals surface area contributed by atoms with E-state index in [4.69, 9.17) is 5.73 Å². The molecular formula is C17H24N4O2. The molecule has 0 bridgehead atoms. The fraction of sp³-hybridized carbons (Fsp3) is 0.529. The van der Waals surface area contributed by atoms with Gasteiger partial charge in [-0.25, -0.2) is 0 Å². The largest absolute Gasteiger partial charge is 0.399 e. The van der Waals surface area contributed by atoms with Crippen molar-refractivity contribution >= 4 is 17.5 Å². The lowest BCUT2D eigenvalue weighted by atomic mass is 10.1. The fourth-order valence-electron chi connectivity index (χ4n) is 2.78. The molecule has 1 saturated heterocycles. The van der Waals surface area contributed by atoms with Crippen molar-refractivity contribution in [2.24, 2.45) is 0 Å². The molecule has 3 N–H and O–H groups in total. The van der Waals surface area contributed by atoms with Crippen molar-refractivity contribution in [3.05, 3.63) is 29.8 Å². The Morgan fingerprint density at radius 3 is 2.35 bits per heavy atom. The number of benzene rings is 1. The summed E-state index contributed by atoms with van der Waals surface area (Å²) in [5.41, 5.74) is 7.35. The highest BCUT2D eigenvalue weighted by Gasteiger charge is 2.26. The van der Waals surface area contributed by atoms with Crippen LogP contribution < -0.4 is 11.1 Å². The van der Waals surface area contributed by atoms with Crippen molar-refractivity contribution in [3.63, 3.8) is 0 Å². The van der Waals surface area contributed by atoms with Crippen molar-refractivity contribution < 1.29 is 9.59 Å². The fourth-order valence-corrected chi connectivity index (χ4v) is 2.78. The van der Waals surface area contributed by atoms with E-state index in [0.717, 1.165) is 31.5 Å². The van der Waals surface area contributed by atoms with Crippen LogP contribution in [0.1, 0.15) is 18.4 Å². The number of carbonyl (C=O) groups excluding carboxylic acids is 2. The highest BCUT2D eigenvalue weighted by molar-refractivity contribution is 5.80. The summed E-state index contributed by atoms with van der Waals surface area (Å²) in [7, 11) is 0. The molecule has 1 aliphatic heterocycles. The second-order valence-corrected chi connectivity index (χ2v) is 6.42. The molecule has 1 aromatic rings. The van der Waals surface area contributed by atoms with E-state index in [1.807, 2.05) is 29.2 Å². The molecule has 124 valence electrons. The topological polar surface area (TPSA) is 78.7 Å². The second-order valence-electron chi connectivity index (χ2n) is 6.42. The summed E-state index contributed by atoms with van der Waals surface area (Å²) in [4.78, 5) is 28.1. The minimum Gasteiger partial charge on any atom is -0.399 e. The first-order valence-corrected chi connectivity index (χ1v) is 8.24. The van der Waals surface area contributed by atoms with Gasteiger partial charge in [-0.3, -0.25) is 14.5 Å². The van der Waals surface area contributed by atoms with Crippen molar-refractivity contribution in [2.45, 2.75) is 25.3 Å². The molecule has 6 heteroatoms. The summed E-state index contributed by atoms with van der Waals surface area (Å²) >= 11 is 0. The Hall–Kier alpha value is -2.08. The smallest absolute Gasteiger partial charge is 0.234 e. The highest BCUT2D eigenvalue weighted by atomic mass is 16.2. The van der Waals surface area contributed by atoms with Gasteiger partial charge in [0.05, 0.1) is 13.0 Å². The summed E-state index contributed by atoms with van der Waals surface area (Å²) in [6.45, 7) is 3.32. The van der Waals surface area contributed by atoms with E-state index in [9.17, 15) is 9.59 Å². The van der Waals surface area contributed by atoms with Gasteiger partial charge < -0.3 is 16.0 Å². The van der Waals surface area contributed by atoms with Gasteiger partial charge in [-0.05, 0) is 30.5 Å². The number of nitrogens with zero attached hydrogens (tertiary/aromatic N) is 2. The predicted molar refractivity (Wildman–Crippen MR) is 88.7 cm³/mol. The number of hydrogen-bond acceptors (Lipinski definition) is 4. The highest BCUT2D eigenvalue weighted by Crippen LogP contribution is 2.18. The molecule has 0 aromatic heterocycles. The van der Waals surface area contributed by atoms with Gasteiger partial charge in [0.2, 0.25) is 11.8 Å². The molecule has 0 radical (unpaired) electrons. The van der Waals surface area contributed by atoms with Crippen LogP contribution in [-0.4, -0.2) is 60.4 Å². The molecule has 2 aliphatic rings. The van der Waals surface area contributed by atoms with Gasteiger partial charge in [-0.15, -0.1) is 0 Å². The lowest BCUT2D eigenvalue weighted by Crippen LogP contribution is -2.51. The number of hydrogen-bond donors (Lipinski definition) is 2. The number of rotatable bonds is 5. The summed E-state index contributed by atoms with van der Waals surface area (Å²) in [5.74, 6) is 0.242. The quantitative estimate of drug-likeness (QED) is 0.763. The van der Waals surface area contributed by atoms with Gasteiger partial charge in [-0.2, -0.15) is 0 Å². The maximum Gasteiger partial charge on any atom is 0.234 e. The molecule has 23 heavy (non-hydrogen) atoms. The van der Waals surface area contributed by atoms with E-state index < -0.39 is 0 Å². The standard InChI is InChI=1S/C17H24N4O2/c18-14-3-1-13(2-4-14)11-17(23)21-9-7-20(8-10-21)12-16(22)19-15-5-6-15/h1-4,15H,5-12,18H2,(H,19,22). The van der Waals surface area contributed by atoms with E-state index >= 15 is 0 Å². The summed E-state index contributed by atoms with van der Waals surface area (Å²) in [6, 6.07) is 7.83. The molecule has 0 atom stereocenters. The minimum absolute atomic E-state index is 0.106. The number of nitrogens with two attached hydrogens (primary N) is 1. The minimum atomic E-state index is 0.106. The zero-order valence-corrected chi connectivity index (χ0v) is 13.3. The molecule has 2 amide bonds. The van der Waals surface area contributed by atoms with Crippen molar-refractivity contribution in [3.8, 4) is 0 Å². The van der Waals surface area contributed by atoms with Crippen LogP contribution in [0.25, 0.3) is 0 Å². The third-order valence-electron chi connectivity index (χ3n) is 4.37. The van der Waals surface area contributed by atoms with E-state index in [0.29, 0.717) is 37.8 Å². The Morgan fingerprint density at radius 1 is 1.09 bits per heavy atom.